The molecule has 0 aromatic carbocycles. The van der Waals surface area contributed by atoms with Crippen LogP contribution in [0.2, 0.25) is 0 Å². The lowest BCUT2D eigenvalue weighted by atomic mass is 10.1. The summed E-state index contributed by atoms with van der Waals surface area (Å²) in [4.78, 5) is 6.39. The van der Waals surface area contributed by atoms with Crippen molar-refractivity contribution in [3.63, 3.8) is 0 Å². The van der Waals surface area contributed by atoms with Gasteiger partial charge in [0.2, 0.25) is 0 Å². The molecule has 0 fully saturated rings. The molecule has 0 radical (unpaired) electrons. The van der Waals surface area contributed by atoms with E-state index in [0.29, 0.717) is 6.54 Å². The number of aryl methyl sites for hydroxylation is 1. The highest BCUT2D eigenvalue weighted by molar-refractivity contribution is 7.09. The second kappa shape index (κ2) is 6.20. The van der Waals surface area contributed by atoms with E-state index in [1.807, 2.05) is 0 Å². The summed E-state index contributed by atoms with van der Waals surface area (Å²) in [7, 11) is 1.54. The zero-order chi connectivity index (χ0) is 14.6. The zero-order valence-electron chi connectivity index (χ0n) is 10.5. The van der Waals surface area contributed by atoms with Crippen LogP contribution in [0.3, 0.4) is 0 Å². The molecule has 9 heteroatoms. The number of nitrogens with zero attached hydrogens (tertiary/aromatic N) is 3. The van der Waals surface area contributed by atoms with Gasteiger partial charge in [0.25, 0.3) is 0 Å². The first kappa shape index (κ1) is 15.7. The van der Waals surface area contributed by atoms with Crippen molar-refractivity contribution < 1.29 is 18.4 Å². The van der Waals surface area contributed by atoms with Crippen LogP contribution in [0.4, 0.5) is 13.2 Å². The molecule has 0 aliphatic carbocycles. The lowest BCUT2D eigenvalue weighted by molar-refractivity contribution is -0.159. The first-order valence-electron chi connectivity index (χ1n) is 5.37. The first-order chi connectivity index (χ1) is 8.75. The van der Waals surface area contributed by atoms with Gasteiger partial charge in [-0.2, -0.15) is 13.2 Å². The van der Waals surface area contributed by atoms with E-state index >= 15 is 0 Å². The Kier molecular flexibility index (Phi) is 5.12. The first-order valence-corrected chi connectivity index (χ1v) is 6.25. The van der Waals surface area contributed by atoms with Crippen molar-refractivity contribution in [3.05, 3.63) is 16.1 Å². The quantitative estimate of drug-likeness (QED) is 0.376. The highest BCUT2D eigenvalue weighted by Gasteiger charge is 2.43. The van der Waals surface area contributed by atoms with Crippen LogP contribution in [0.5, 0.6) is 0 Å². The third-order valence-electron chi connectivity index (χ3n) is 2.62. The van der Waals surface area contributed by atoms with Crippen LogP contribution in [0.1, 0.15) is 10.6 Å². The lowest BCUT2D eigenvalue weighted by Crippen LogP contribution is -2.43. The number of hydrogen-bond acceptors (Lipinski definition) is 5. The number of amidine groups is 1. The van der Waals surface area contributed by atoms with E-state index in [4.69, 9.17) is 10.9 Å². The third kappa shape index (κ3) is 4.35. The van der Waals surface area contributed by atoms with E-state index in [1.165, 1.54) is 16.2 Å². The van der Waals surface area contributed by atoms with Crippen molar-refractivity contribution in [2.45, 2.75) is 19.6 Å². The van der Waals surface area contributed by atoms with Gasteiger partial charge >= 0.3 is 6.18 Å². The third-order valence-corrected chi connectivity index (χ3v) is 3.54. The van der Waals surface area contributed by atoms with Gasteiger partial charge < -0.3 is 15.8 Å². The smallest absolute Gasteiger partial charge is 0.400 e. The van der Waals surface area contributed by atoms with E-state index < -0.39 is 17.9 Å². The summed E-state index contributed by atoms with van der Waals surface area (Å²) < 4.78 is 38.3. The Bertz CT molecular complexity index is 446. The molecule has 0 saturated carbocycles. The molecular weight excluding hydrogens is 281 g/mol. The maximum Gasteiger partial charge on any atom is 0.400 e. The van der Waals surface area contributed by atoms with Crippen molar-refractivity contribution in [2.24, 2.45) is 16.8 Å². The topological polar surface area (TPSA) is 74.7 Å². The molecule has 0 amide bonds. The van der Waals surface area contributed by atoms with Crippen LogP contribution in [0.15, 0.2) is 10.7 Å². The van der Waals surface area contributed by atoms with E-state index in [-0.39, 0.29) is 6.54 Å². The maximum absolute atomic E-state index is 12.8. The molecule has 0 aliphatic heterocycles. The number of oxime groups is 1. The van der Waals surface area contributed by atoms with Gasteiger partial charge in [-0.25, -0.2) is 4.98 Å². The lowest BCUT2D eigenvalue weighted by Gasteiger charge is -2.24. The zero-order valence-corrected chi connectivity index (χ0v) is 11.3. The minimum absolute atomic E-state index is 0.335. The van der Waals surface area contributed by atoms with Crippen molar-refractivity contribution in [1.29, 1.82) is 0 Å². The summed E-state index contributed by atoms with van der Waals surface area (Å²) in [5, 5.41) is 10.9. The van der Waals surface area contributed by atoms with Crippen LogP contribution in [0.25, 0.3) is 0 Å². The molecule has 1 atom stereocenters. The number of alkyl halides is 3. The average molecular weight is 296 g/mol. The number of hydrogen-bond donors (Lipinski definition) is 2. The van der Waals surface area contributed by atoms with Crippen LogP contribution < -0.4 is 5.73 Å². The van der Waals surface area contributed by atoms with Gasteiger partial charge in [-0.15, -0.1) is 11.3 Å². The summed E-state index contributed by atoms with van der Waals surface area (Å²) in [6.07, 6.45) is -4.55. The van der Waals surface area contributed by atoms with Crippen LogP contribution in [-0.2, 0) is 6.54 Å². The van der Waals surface area contributed by atoms with Crippen LogP contribution in [-0.4, -0.2) is 40.7 Å². The fourth-order valence-corrected chi connectivity index (χ4v) is 2.39. The molecule has 108 valence electrons. The largest absolute Gasteiger partial charge is 0.409 e. The summed E-state index contributed by atoms with van der Waals surface area (Å²) in [5.41, 5.74) is 7.54. The Morgan fingerprint density at radius 1 is 1.63 bits per heavy atom. The molecule has 0 aliphatic rings. The average Bonchev–Trinajstić information content (AvgIpc) is 2.69. The monoisotopic (exact) mass is 296 g/mol. The Balaban J connectivity index is 2.72. The predicted molar refractivity (Wildman–Crippen MR) is 66.1 cm³/mol. The molecule has 3 N–H and O–H groups in total. The maximum atomic E-state index is 12.8. The summed E-state index contributed by atoms with van der Waals surface area (Å²) >= 11 is 1.38. The summed E-state index contributed by atoms with van der Waals surface area (Å²) in [6.45, 7) is 1.75. The molecule has 0 bridgehead atoms. The highest BCUT2D eigenvalue weighted by atomic mass is 32.1. The molecule has 1 heterocycles. The molecule has 0 saturated heterocycles. The van der Waals surface area contributed by atoms with Crippen molar-refractivity contribution in [1.82, 2.24) is 9.88 Å². The van der Waals surface area contributed by atoms with Gasteiger partial charge in [0, 0.05) is 18.0 Å². The number of aromatic nitrogens is 1. The van der Waals surface area contributed by atoms with Gasteiger partial charge in [0.1, 0.15) is 5.92 Å². The van der Waals surface area contributed by atoms with Gasteiger partial charge in [-0.1, -0.05) is 5.16 Å². The molecule has 1 unspecified atom stereocenters. The van der Waals surface area contributed by atoms with Crippen molar-refractivity contribution in [2.75, 3.05) is 13.6 Å². The van der Waals surface area contributed by atoms with E-state index in [9.17, 15) is 13.2 Å². The molecule has 19 heavy (non-hydrogen) atoms. The van der Waals surface area contributed by atoms with Crippen LogP contribution >= 0.6 is 11.3 Å². The number of thiazole rings is 1. The molecule has 1 aromatic heterocycles. The number of halogens is 3. The molecule has 5 nitrogen and oxygen atoms in total. The Hall–Kier alpha value is -1.35. The fraction of sp³-hybridized carbons (Fsp3) is 0.600. The van der Waals surface area contributed by atoms with E-state index in [2.05, 4.69) is 10.1 Å². The van der Waals surface area contributed by atoms with E-state index in [1.54, 1.807) is 19.5 Å². The Labute approximate surface area is 112 Å². The standard InChI is InChI=1S/C10H15F3N4OS/c1-6-8(19-5-15-6)4-17(2)3-7(9(14)16-18)10(11,12)13/h5,7,18H,3-4H2,1-2H3,(H2,14,16). The van der Waals surface area contributed by atoms with E-state index in [0.717, 1.165) is 10.6 Å². The summed E-state index contributed by atoms with van der Waals surface area (Å²) in [6, 6.07) is 0. The Morgan fingerprint density at radius 2 is 2.26 bits per heavy atom. The summed E-state index contributed by atoms with van der Waals surface area (Å²) in [5.74, 6) is -2.82. The second-order valence-corrected chi connectivity index (χ2v) is 5.12. The number of nitrogens with two attached hydrogens (primary N) is 1. The SMILES string of the molecule is Cc1ncsc1CN(C)CC(C(N)=NO)C(F)(F)F. The Morgan fingerprint density at radius 3 is 2.68 bits per heavy atom. The molecule has 1 rings (SSSR count). The molecule has 0 spiro atoms. The normalized spacial score (nSPS) is 14.9. The molecule has 1 aromatic rings. The van der Waals surface area contributed by atoms with Gasteiger partial charge in [-0.05, 0) is 14.0 Å². The van der Waals surface area contributed by atoms with Gasteiger partial charge in [-0.3, -0.25) is 0 Å². The highest BCUT2D eigenvalue weighted by Crippen LogP contribution is 2.27. The fourth-order valence-electron chi connectivity index (χ4n) is 1.53. The van der Waals surface area contributed by atoms with Gasteiger partial charge in [0.15, 0.2) is 5.84 Å². The van der Waals surface area contributed by atoms with Crippen molar-refractivity contribution in [3.8, 4) is 0 Å². The number of rotatable bonds is 5. The minimum atomic E-state index is -4.55. The second-order valence-electron chi connectivity index (χ2n) is 4.18. The minimum Gasteiger partial charge on any atom is -0.409 e. The predicted octanol–water partition coefficient (Wildman–Crippen LogP) is 1.81. The van der Waals surface area contributed by atoms with Gasteiger partial charge in [0.05, 0.1) is 11.2 Å². The van der Waals surface area contributed by atoms with Crippen LogP contribution in [0, 0.1) is 12.8 Å². The van der Waals surface area contributed by atoms with Crippen molar-refractivity contribution >= 4 is 17.2 Å². The molecular formula is C10H15F3N4OS.